The van der Waals surface area contributed by atoms with E-state index in [-0.39, 0.29) is 42.7 Å². The molecule has 2 heterocycles. The lowest BCUT2D eigenvalue weighted by atomic mass is 10.1. The Labute approximate surface area is 147 Å². The fourth-order valence-corrected chi connectivity index (χ4v) is 2.77. The maximum atomic E-state index is 12.2. The molecule has 8 heteroatoms. The van der Waals surface area contributed by atoms with E-state index in [0.717, 1.165) is 30.6 Å². The van der Waals surface area contributed by atoms with E-state index >= 15 is 0 Å². The molecule has 1 aliphatic rings. The molecular formula is C15H21Cl2N5O. The lowest BCUT2D eigenvalue weighted by Crippen LogP contribution is -2.30. The molecule has 0 spiro atoms. The number of hydrogen-bond acceptors (Lipinski definition) is 4. The predicted molar refractivity (Wildman–Crippen MR) is 93.0 cm³/mol. The van der Waals surface area contributed by atoms with E-state index in [1.54, 1.807) is 18.7 Å². The average molecular weight is 358 g/mol. The van der Waals surface area contributed by atoms with E-state index in [1.165, 1.54) is 0 Å². The van der Waals surface area contributed by atoms with E-state index in [9.17, 15) is 4.79 Å². The lowest BCUT2D eigenvalue weighted by molar-refractivity contribution is -0.125. The van der Waals surface area contributed by atoms with Crippen LogP contribution in [0.2, 0.25) is 0 Å². The summed E-state index contributed by atoms with van der Waals surface area (Å²) in [4.78, 5) is 20.5. The minimum Gasteiger partial charge on any atom is -0.352 e. The van der Waals surface area contributed by atoms with Crippen molar-refractivity contribution in [3.8, 4) is 5.82 Å². The second-order valence-electron chi connectivity index (χ2n) is 5.44. The van der Waals surface area contributed by atoms with Crippen molar-refractivity contribution in [1.82, 2.24) is 19.9 Å². The highest BCUT2D eigenvalue weighted by Crippen LogP contribution is 2.24. The molecule has 126 valence electrons. The van der Waals surface area contributed by atoms with Gasteiger partial charge >= 0.3 is 0 Å². The fourth-order valence-electron chi connectivity index (χ4n) is 2.77. The number of nitrogens with two attached hydrogens (primary N) is 1. The van der Waals surface area contributed by atoms with Crippen LogP contribution in [0.4, 0.5) is 0 Å². The quantitative estimate of drug-likeness (QED) is 0.874. The van der Waals surface area contributed by atoms with Crippen LogP contribution in [-0.2, 0) is 11.3 Å². The molecule has 0 aliphatic heterocycles. The number of carbonyl (C=O) groups excluding carboxylic acids is 1. The Balaban J connectivity index is 0.00000132. The maximum Gasteiger partial charge on any atom is 0.223 e. The van der Waals surface area contributed by atoms with Gasteiger partial charge in [-0.2, -0.15) is 0 Å². The predicted octanol–water partition coefficient (Wildman–Crippen LogP) is 1.85. The first-order chi connectivity index (χ1) is 10.2. The standard InChI is InChI=1S/C15H19N5O.2ClH/c16-13-4-3-11(8-13)15(21)19-9-12-2-1-5-18-14(12)20-7-6-17-10-20;;/h1-2,5-7,10-11,13H,3-4,8-9,16H2,(H,19,21);2*1H. The smallest absolute Gasteiger partial charge is 0.223 e. The fraction of sp³-hybridized carbons (Fsp3) is 0.400. The van der Waals surface area contributed by atoms with Crippen LogP contribution >= 0.6 is 24.8 Å². The Morgan fingerprint density at radius 1 is 1.35 bits per heavy atom. The molecule has 0 saturated heterocycles. The molecule has 6 nitrogen and oxygen atoms in total. The molecule has 2 aromatic heterocycles. The number of nitrogens with one attached hydrogen (secondary N) is 1. The van der Waals surface area contributed by atoms with Gasteiger partial charge in [-0.25, -0.2) is 9.97 Å². The van der Waals surface area contributed by atoms with Gasteiger partial charge in [0.2, 0.25) is 5.91 Å². The first kappa shape index (κ1) is 19.4. The summed E-state index contributed by atoms with van der Waals surface area (Å²) in [5.74, 6) is 0.926. The van der Waals surface area contributed by atoms with Gasteiger partial charge in [0, 0.05) is 42.7 Å². The number of imidazole rings is 1. The number of hydrogen-bond donors (Lipinski definition) is 2. The SMILES string of the molecule is Cl.Cl.NC1CCC(C(=O)NCc2cccnc2-n2ccnc2)C1. The van der Waals surface area contributed by atoms with Crippen molar-refractivity contribution in [3.05, 3.63) is 42.6 Å². The van der Waals surface area contributed by atoms with Gasteiger partial charge in [-0.15, -0.1) is 24.8 Å². The van der Waals surface area contributed by atoms with E-state index in [0.29, 0.717) is 6.54 Å². The largest absolute Gasteiger partial charge is 0.352 e. The van der Waals surface area contributed by atoms with Gasteiger partial charge in [-0.1, -0.05) is 6.07 Å². The first-order valence-corrected chi connectivity index (χ1v) is 7.19. The number of halogens is 2. The van der Waals surface area contributed by atoms with Gasteiger partial charge in [0.05, 0.1) is 0 Å². The molecule has 2 aromatic rings. The summed E-state index contributed by atoms with van der Waals surface area (Å²) in [5.41, 5.74) is 6.82. The van der Waals surface area contributed by atoms with Crippen molar-refractivity contribution in [2.24, 2.45) is 11.7 Å². The minimum atomic E-state index is 0. The molecule has 2 atom stereocenters. The van der Waals surface area contributed by atoms with Gasteiger partial charge in [0.15, 0.2) is 0 Å². The molecular weight excluding hydrogens is 337 g/mol. The Bertz CT molecular complexity index is 620. The number of amides is 1. The molecule has 1 fully saturated rings. The van der Waals surface area contributed by atoms with Crippen molar-refractivity contribution in [3.63, 3.8) is 0 Å². The third-order valence-corrected chi connectivity index (χ3v) is 3.91. The molecule has 0 radical (unpaired) electrons. The molecule has 0 bridgehead atoms. The van der Waals surface area contributed by atoms with Crippen LogP contribution in [-0.4, -0.2) is 26.5 Å². The van der Waals surface area contributed by atoms with Gasteiger partial charge in [0.25, 0.3) is 0 Å². The zero-order valence-electron chi connectivity index (χ0n) is 12.6. The van der Waals surface area contributed by atoms with Crippen LogP contribution in [0.5, 0.6) is 0 Å². The molecule has 23 heavy (non-hydrogen) atoms. The Morgan fingerprint density at radius 3 is 2.83 bits per heavy atom. The molecule has 3 N–H and O–H groups in total. The number of nitrogens with zero attached hydrogens (tertiary/aromatic N) is 3. The van der Waals surface area contributed by atoms with Crippen LogP contribution in [0.1, 0.15) is 24.8 Å². The second kappa shape index (κ2) is 8.86. The normalized spacial score (nSPS) is 19.5. The summed E-state index contributed by atoms with van der Waals surface area (Å²) in [7, 11) is 0. The third-order valence-electron chi connectivity index (χ3n) is 3.91. The van der Waals surface area contributed by atoms with E-state index in [4.69, 9.17) is 5.73 Å². The monoisotopic (exact) mass is 357 g/mol. The topological polar surface area (TPSA) is 85.8 Å². The Morgan fingerprint density at radius 2 is 2.17 bits per heavy atom. The first-order valence-electron chi connectivity index (χ1n) is 7.19. The minimum absolute atomic E-state index is 0. The average Bonchev–Trinajstić information content (AvgIpc) is 3.16. The van der Waals surface area contributed by atoms with Crippen LogP contribution in [0.25, 0.3) is 5.82 Å². The summed E-state index contributed by atoms with van der Waals surface area (Å²) < 4.78 is 1.84. The third kappa shape index (κ3) is 4.67. The number of carbonyl (C=O) groups is 1. The second-order valence-corrected chi connectivity index (χ2v) is 5.44. The summed E-state index contributed by atoms with van der Waals surface area (Å²) >= 11 is 0. The maximum absolute atomic E-state index is 12.2. The van der Waals surface area contributed by atoms with Crippen LogP contribution in [0.3, 0.4) is 0 Å². The van der Waals surface area contributed by atoms with Gasteiger partial charge in [-0.3, -0.25) is 9.36 Å². The molecule has 2 unspecified atom stereocenters. The summed E-state index contributed by atoms with van der Waals surface area (Å²) in [6.07, 6.45) is 9.58. The highest BCUT2D eigenvalue weighted by molar-refractivity contribution is 5.85. The van der Waals surface area contributed by atoms with Crippen molar-refractivity contribution in [2.45, 2.75) is 31.8 Å². The van der Waals surface area contributed by atoms with Crippen molar-refractivity contribution in [2.75, 3.05) is 0 Å². The van der Waals surface area contributed by atoms with E-state index in [2.05, 4.69) is 15.3 Å². The molecule has 3 rings (SSSR count). The molecule has 0 aromatic carbocycles. The summed E-state index contributed by atoms with van der Waals surface area (Å²) in [6, 6.07) is 4.00. The molecule has 1 aliphatic carbocycles. The zero-order valence-corrected chi connectivity index (χ0v) is 14.2. The number of pyridine rings is 1. The van der Waals surface area contributed by atoms with Gasteiger partial charge < -0.3 is 11.1 Å². The number of aromatic nitrogens is 3. The van der Waals surface area contributed by atoms with Crippen LogP contribution in [0, 0.1) is 5.92 Å². The van der Waals surface area contributed by atoms with Gasteiger partial charge in [0.1, 0.15) is 12.1 Å². The Kier molecular flexibility index (Phi) is 7.48. The highest BCUT2D eigenvalue weighted by atomic mass is 35.5. The highest BCUT2D eigenvalue weighted by Gasteiger charge is 2.27. The lowest BCUT2D eigenvalue weighted by Gasteiger charge is -2.13. The molecule has 1 saturated carbocycles. The van der Waals surface area contributed by atoms with E-state index in [1.807, 2.05) is 22.9 Å². The Hall–Kier alpha value is -1.63. The van der Waals surface area contributed by atoms with Crippen LogP contribution < -0.4 is 11.1 Å². The molecule has 1 amide bonds. The number of rotatable bonds is 4. The van der Waals surface area contributed by atoms with Crippen molar-refractivity contribution < 1.29 is 4.79 Å². The van der Waals surface area contributed by atoms with Crippen molar-refractivity contribution >= 4 is 30.7 Å². The van der Waals surface area contributed by atoms with Crippen molar-refractivity contribution in [1.29, 1.82) is 0 Å². The van der Waals surface area contributed by atoms with Crippen LogP contribution in [0.15, 0.2) is 37.1 Å². The summed E-state index contributed by atoms with van der Waals surface area (Å²) in [6.45, 7) is 0.464. The van der Waals surface area contributed by atoms with Gasteiger partial charge in [-0.05, 0) is 25.3 Å². The summed E-state index contributed by atoms with van der Waals surface area (Å²) in [5, 5.41) is 3.00. The van der Waals surface area contributed by atoms with E-state index < -0.39 is 0 Å². The zero-order chi connectivity index (χ0) is 14.7.